The highest BCUT2D eigenvalue weighted by atomic mass is 16.2. The number of hydrogen-bond acceptors (Lipinski definition) is 5. The molecule has 0 aliphatic heterocycles. The van der Waals surface area contributed by atoms with Crippen molar-refractivity contribution in [2.75, 3.05) is 20.1 Å². The molecule has 1 amide bonds. The number of rotatable bonds is 11. The lowest BCUT2D eigenvalue weighted by Gasteiger charge is -2.22. The van der Waals surface area contributed by atoms with Crippen molar-refractivity contribution in [3.8, 4) is 0 Å². The van der Waals surface area contributed by atoms with E-state index in [1.54, 1.807) is 7.05 Å². The summed E-state index contributed by atoms with van der Waals surface area (Å²) in [6, 6.07) is 8.58. The predicted molar refractivity (Wildman–Crippen MR) is 98.1 cm³/mol. The van der Waals surface area contributed by atoms with Crippen LogP contribution < -0.4 is 27.4 Å². The number of nitrogens with one attached hydrogen (secondary N) is 4. The van der Waals surface area contributed by atoms with Gasteiger partial charge in [0.15, 0.2) is 11.7 Å². The van der Waals surface area contributed by atoms with E-state index < -0.39 is 12.1 Å². The molecule has 0 saturated carbocycles. The maximum atomic E-state index is 12.5. The third kappa shape index (κ3) is 7.77. The first-order chi connectivity index (χ1) is 12.0. The van der Waals surface area contributed by atoms with Crippen LogP contribution in [0.4, 0.5) is 0 Å². The Hall–Kier alpha value is -2.45. The van der Waals surface area contributed by atoms with Gasteiger partial charge in [0.05, 0.1) is 18.6 Å². The zero-order valence-electron chi connectivity index (χ0n) is 14.5. The summed E-state index contributed by atoms with van der Waals surface area (Å²) in [5, 5.41) is 15.5. The maximum absolute atomic E-state index is 12.5. The second kappa shape index (κ2) is 11.2. The molecule has 8 nitrogen and oxygen atoms in total. The first-order valence-electron chi connectivity index (χ1n) is 8.30. The largest absolute Gasteiger partial charge is 0.370 e. The highest BCUT2D eigenvalue weighted by Gasteiger charge is 2.23. The highest BCUT2D eigenvalue weighted by Crippen LogP contribution is 2.05. The molecule has 0 heterocycles. The van der Waals surface area contributed by atoms with E-state index in [-0.39, 0.29) is 24.2 Å². The third-order valence-electron chi connectivity index (χ3n) is 3.84. The summed E-state index contributed by atoms with van der Waals surface area (Å²) < 4.78 is 0. The molecule has 0 aromatic heterocycles. The quantitative estimate of drug-likeness (QED) is 0.173. The molecule has 8 N–H and O–H groups in total. The molecule has 0 radical (unpaired) electrons. The number of amides is 1. The van der Waals surface area contributed by atoms with Crippen LogP contribution in [0, 0.1) is 5.41 Å². The first-order valence-corrected chi connectivity index (χ1v) is 8.30. The third-order valence-corrected chi connectivity index (χ3v) is 3.84. The van der Waals surface area contributed by atoms with Crippen LogP contribution in [0.1, 0.15) is 18.4 Å². The van der Waals surface area contributed by atoms with Crippen molar-refractivity contribution in [2.24, 2.45) is 11.5 Å². The number of carbonyl (C=O) groups is 2. The standard InChI is InChI=1S/C17H28N6O2/c1-21-14(10-12-6-3-2-4-7-12)16(25)23-13(15(24)11-18)8-5-9-22-17(19)20/h2-4,6-7,13-14,21H,5,8-11,18H2,1H3,(H,23,25)(H4,19,20,22). The number of carbonyl (C=O) groups excluding carboxylic acids is 2. The van der Waals surface area contributed by atoms with Crippen LogP contribution >= 0.6 is 0 Å². The molecule has 1 aromatic rings. The number of guanidine groups is 1. The molecule has 0 fully saturated rings. The average molecular weight is 348 g/mol. The van der Waals surface area contributed by atoms with E-state index in [0.29, 0.717) is 25.8 Å². The van der Waals surface area contributed by atoms with E-state index in [0.717, 1.165) is 5.56 Å². The molecule has 2 atom stereocenters. The van der Waals surface area contributed by atoms with E-state index >= 15 is 0 Å². The lowest BCUT2D eigenvalue weighted by atomic mass is 10.0. The summed E-state index contributed by atoms with van der Waals surface area (Å²) in [7, 11) is 1.71. The molecule has 8 heteroatoms. The lowest BCUT2D eigenvalue weighted by molar-refractivity contribution is -0.128. The van der Waals surface area contributed by atoms with Crippen molar-refractivity contribution < 1.29 is 9.59 Å². The van der Waals surface area contributed by atoms with Gasteiger partial charge in [0.2, 0.25) is 5.91 Å². The van der Waals surface area contributed by atoms with Gasteiger partial charge in [-0.15, -0.1) is 0 Å². The SMILES string of the molecule is CNC(Cc1ccccc1)C(=O)NC(CCCNC(=N)N)C(=O)CN. The number of hydrogen-bond donors (Lipinski definition) is 6. The van der Waals surface area contributed by atoms with Gasteiger partial charge in [-0.3, -0.25) is 15.0 Å². The fourth-order valence-corrected chi connectivity index (χ4v) is 2.43. The van der Waals surface area contributed by atoms with Crippen molar-refractivity contribution in [3.63, 3.8) is 0 Å². The van der Waals surface area contributed by atoms with Gasteiger partial charge >= 0.3 is 0 Å². The van der Waals surface area contributed by atoms with Crippen molar-refractivity contribution >= 4 is 17.6 Å². The van der Waals surface area contributed by atoms with Gasteiger partial charge in [-0.2, -0.15) is 0 Å². The molecule has 0 bridgehead atoms. The Bertz CT molecular complexity index is 564. The number of nitrogens with two attached hydrogens (primary N) is 2. The molecule has 1 rings (SSSR count). The van der Waals surface area contributed by atoms with Gasteiger partial charge in [-0.05, 0) is 31.9 Å². The maximum Gasteiger partial charge on any atom is 0.238 e. The Balaban J connectivity index is 2.61. The molecule has 2 unspecified atom stereocenters. The van der Waals surface area contributed by atoms with E-state index in [1.807, 2.05) is 30.3 Å². The van der Waals surface area contributed by atoms with Crippen LogP contribution in [-0.2, 0) is 16.0 Å². The molecular weight excluding hydrogens is 320 g/mol. The van der Waals surface area contributed by atoms with Crippen LogP contribution in [0.5, 0.6) is 0 Å². The summed E-state index contributed by atoms with van der Waals surface area (Å²) in [4.78, 5) is 24.5. The molecule has 0 aliphatic rings. The second-order valence-electron chi connectivity index (χ2n) is 5.75. The van der Waals surface area contributed by atoms with Gasteiger partial charge in [-0.1, -0.05) is 30.3 Å². The molecular formula is C17H28N6O2. The number of ketones is 1. The Kier molecular flexibility index (Phi) is 9.20. The molecule has 1 aromatic carbocycles. The van der Waals surface area contributed by atoms with Gasteiger partial charge in [0, 0.05) is 6.54 Å². The van der Waals surface area contributed by atoms with Crippen LogP contribution in [0.2, 0.25) is 0 Å². The van der Waals surface area contributed by atoms with Gasteiger partial charge in [-0.25, -0.2) is 0 Å². The number of benzene rings is 1. The van der Waals surface area contributed by atoms with E-state index in [4.69, 9.17) is 16.9 Å². The second-order valence-corrected chi connectivity index (χ2v) is 5.75. The molecule has 0 aliphatic carbocycles. The van der Waals surface area contributed by atoms with E-state index in [1.165, 1.54) is 0 Å². The van der Waals surface area contributed by atoms with Gasteiger partial charge < -0.3 is 27.4 Å². The van der Waals surface area contributed by atoms with Crippen molar-refractivity contribution in [1.29, 1.82) is 5.41 Å². The van der Waals surface area contributed by atoms with Gasteiger partial charge in [0.25, 0.3) is 0 Å². The van der Waals surface area contributed by atoms with Gasteiger partial charge in [0.1, 0.15) is 0 Å². The molecule has 0 saturated heterocycles. The summed E-state index contributed by atoms with van der Waals surface area (Å²) >= 11 is 0. The number of Topliss-reactive ketones (excluding diaryl/α,β-unsaturated/α-hetero) is 1. The van der Waals surface area contributed by atoms with Crippen LogP contribution in [0.25, 0.3) is 0 Å². The summed E-state index contributed by atoms with van der Waals surface area (Å²) in [6.07, 6.45) is 1.54. The Morgan fingerprint density at radius 3 is 2.44 bits per heavy atom. The highest BCUT2D eigenvalue weighted by molar-refractivity contribution is 5.91. The fraction of sp³-hybridized carbons (Fsp3) is 0.471. The smallest absolute Gasteiger partial charge is 0.238 e. The Labute approximate surface area is 148 Å². The average Bonchev–Trinajstić information content (AvgIpc) is 2.61. The lowest BCUT2D eigenvalue weighted by Crippen LogP contribution is -2.51. The number of likely N-dealkylation sites (N-methyl/N-ethyl adjacent to an activating group) is 1. The van der Waals surface area contributed by atoms with Crippen LogP contribution in [0.3, 0.4) is 0 Å². The summed E-state index contributed by atoms with van der Waals surface area (Å²) in [5.74, 6) is -0.577. The normalized spacial score (nSPS) is 12.9. The predicted octanol–water partition coefficient (Wildman–Crippen LogP) is -0.907. The van der Waals surface area contributed by atoms with Crippen molar-refractivity contribution in [3.05, 3.63) is 35.9 Å². The zero-order valence-corrected chi connectivity index (χ0v) is 14.5. The van der Waals surface area contributed by atoms with Crippen LogP contribution in [0.15, 0.2) is 30.3 Å². The molecule has 0 spiro atoms. The Morgan fingerprint density at radius 1 is 1.20 bits per heavy atom. The first kappa shape index (κ1) is 20.6. The fourth-order valence-electron chi connectivity index (χ4n) is 2.43. The Morgan fingerprint density at radius 2 is 1.88 bits per heavy atom. The topological polar surface area (TPSA) is 146 Å². The minimum Gasteiger partial charge on any atom is -0.370 e. The van der Waals surface area contributed by atoms with Crippen LogP contribution in [-0.4, -0.2) is 49.9 Å². The van der Waals surface area contributed by atoms with Crippen molar-refractivity contribution in [1.82, 2.24) is 16.0 Å². The van der Waals surface area contributed by atoms with E-state index in [2.05, 4.69) is 16.0 Å². The zero-order chi connectivity index (χ0) is 18.7. The van der Waals surface area contributed by atoms with Crippen molar-refractivity contribution in [2.45, 2.75) is 31.3 Å². The summed E-state index contributed by atoms with van der Waals surface area (Å²) in [6.45, 7) is 0.326. The minimum atomic E-state index is -0.641. The monoisotopic (exact) mass is 348 g/mol. The molecule has 138 valence electrons. The summed E-state index contributed by atoms with van der Waals surface area (Å²) in [5.41, 5.74) is 11.7. The van der Waals surface area contributed by atoms with E-state index in [9.17, 15) is 9.59 Å². The minimum absolute atomic E-state index is 0.121. The molecule has 25 heavy (non-hydrogen) atoms.